The molecule has 4 rings (SSSR count). The largest absolute Gasteiger partial charge is 0.493 e. The van der Waals surface area contributed by atoms with Crippen molar-refractivity contribution in [2.24, 2.45) is 0 Å². The first-order chi connectivity index (χ1) is 13.1. The lowest BCUT2D eigenvalue weighted by Gasteiger charge is -2.17. The summed E-state index contributed by atoms with van der Waals surface area (Å²) >= 11 is 0. The number of halogens is 1. The van der Waals surface area contributed by atoms with E-state index in [-0.39, 0.29) is 11.3 Å². The van der Waals surface area contributed by atoms with Crippen molar-refractivity contribution < 1.29 is 28.3 Å². The molecule has 1 saturated heterocycles. The molecule has 138 valence electrons. The molecule has 8 heteroatoms. The Labute approximate surface area is 153 Å². The number of fused-ring (bicyclic) bond motifs is 1. The molecular formula is C19H15FN2O5. The van der Waals surface area contributed by atoms with E-state index in [0.717, 1.165) is 4.90 Å². The fraction of sp³-hybridized carbons (Fsp3) is 0.158. The van der Waals surface area contributed by atoms with Gasteiger partial charge in [-0.05, 0) is 36.4 Å². The molecule has 1 atom stereocenters. The van der Waals surface area contributed by atoms with E-state index in [1.54, 1.807) is 18.2 Å². The fourth-order valence-corrected chi connectivity index (χ4v) is 3.21. The highest BCUT2D eigenvalue weighted by Crippen LogP contribution is 2.41. The Morgan fingerprint density at radius 1 is 1.07 bits per heavy atom. The van der Waals surface area contributed by atoms with Crippen LogP contribution in [0.4, 0.5) is 10.1 Å². The molecule has 0 bridgehead atoms. The number of benzene rings is 2. The summed E-state index contributed by atoms with van der Waals surface area (Å²) in [6, 6.07) is 10.3. The molecule has 2 heterocycles. The highest BCUT2D eigenvalue weighted by molar-refractivity contribution is 6.33. The Bertz CT molecular complexity index is 971. The van der Waals surface area contributed by atoms with Crippen molar-refractivity contribution >= 4 is 23.2 Å². The number of imide groups is 1. The van der Waals surface area contributed by atoms with Crippen LogP contribution in [0.15, 0.2) is 48.0 Å². The molecule has 2 aromatic rings. The Morgan fingerprint density at radius 3 is 2.48 bits per heavy atom. The van der Waals surface area contributed by atoms with Crippen molar-refractivity contribution in [1.82, 2.24) is 5.48 Å². The average molecular weight is 370 g/mol. The van der Waals surface area contributed by atoms with E-state index in [4.69, 9.17) is 14.3 Å². The maximum atomic E-state index is 13.2. The van der Waals surface area contributed by atoms with Gasteiger partial charge in [0.05, 0.1) is 31.2 Å². The van der Waals surface area contributed by atoms with Crippen LogP contribution in [-0.4, -0.2) is 32.1 Å². The first-order valence-electron chi connectivity index (χ1n) is 8.08. The molecule has 2 aliphatic rings. The number of rotatable bonds is 4. The molecule has 2 aromatic carbocycles. The van der Waals surface area contributed by atoms with Crippen LogP contribution < -0.4 is 19.9 Å². The van der Waals surface area contributed by atoms with E-state index in [9.17, 15) is 14.0 Å². The Kier molecular flexibility index (Phi) is 4.04. The minimum absolute atomic E-state index is 0.163. The van der Waals surface area contributed by atoms with Crippen molar-refractivity contribution in [1.29, 1.82) is 0 Å². The van der Waals surface area contributed by atoms with Gasteiger partial charge >= 0.3 is 0 Å². The third-order valence-corrected chi connectivity index (χ3v) is 4.45. The second-order valence-electron chi connectivity index (χ2n) is 5.88. The predicted molar refractivity (Wildman–Crippen MR) is 93.4 cm³/mol. The van der Waals surface area contributed by atoms with Crippen LogP contribution in [0.1, 0.15) is 5.56 Å². The summed E-state index contributed by atoms with van der Waals surface area (Å²) in [7, 11) is 2.98. The first kappa shape index (κ1) is 17.0. The molecule has 1 fully saturated rings. The quantitative estimate of drug-likeness (QED) is 0.830. The van der Waals surface area contributed by atoms with Crippen molar-refractivity contribution in [2.75, 3.05) is 19.1 Å². The Morgan fingerprint density at radius 2 is 1.81 bits per heavy atom. The van der Waals surface area contributed by atoms with Crippen molar-refractivity contribution in [3.63, 3.8) is 0 Å². The number of ether oxygens (including phenoxy) is 2. The van der Waals surface area contributed by atoms with E-state index in [0.29, 0.717) is 22.8 Å². The summed E-state index contributed by atoms with van der Waals surface area (Å²) < 4.78 is 23.9. The monoisotopic (exact) mass is 370 g/mol. The van der Waals surface area contributed by atoms with Gasteiger partial charge in [0, 0.05) is 5.56 Å². The number of anilines is 1. The van der Waals surface area contributed by atoms with E-state index < -0.39 is 23.7 Å². The van der Waals surface area contributed by atoms with E-state index >= 15 is 0 Å². The van der Waals surface area contributed by atoms with Crippen LogP contribution in [0.3, 0.4) is 0 Å². The van der Waals surface area contributed by atoms with Gasteiger partial charge in [-0.15, -0.1) is 0 Å². The van der Waals surface area contributed by atoms with E-state index in [1.807, 2.05) is 0 Å². The van der Waals surface area contributed by atoms with Crippen molar-refractivity contribution in [3.8, 4) is 11.5 Å². The molecule has 2 amide bonds. The number of amides is 2. The van der Waals surface area contributed by atoms with Crippen LogP contribution in [0, 0.1) is 5.82 Å². The number of hydrogen-bond donors (Lipinski definition) is 1. The molecule has 27 heavy (non-hydrogen) atoms. The number of carbonyl (C=O) groups excluding carboxylic acids is 2. The molecule has 2 aliphatic heterocycles. The fourth-order valence-electron chi connectivity index (χ4n) is 3.21. The van der Waals surface area contributed by atoms with Gasteiger partial charge < -0.3 is 9.47 Å². The predicted octanol–water partition coefficient (Wildman–Crippen LogP) is 2.03. The molecule has 0 aliphatic carbocycles. The lowest BCUT2D eigenvalue weighted by Crippen LogP contribution is -2.34. The number of methoxy groups -OCH3 is 2. The second kappa shape index (κ2) is 6.40. The summed E-state index contributed by atoms with van der Waals surface area (Å²) in [5, 5.41) is 0. The standard InChI is InChI=1S/C19H15FN2O5/c1-25-13-5-3-4-12(16(13)26-2)15-14-17(27-21-15)19(24)22(18(14)23)11-8-6-10(20)7-9-11/h3-9,17,21H,1-2H3/t17-/m0/s1. The molecule has 0 aromatic heterocycles. The van der Waals surface area contributed by atoms with Crippen LogP contribution >= 0.6 is 0 Å². The molecular weight excluding hydrogens is 355 g/mol. The van der Waals surface area contributed by atoms with Gasteiger partial charge in [0.2, 0.25) is 0 Å². The molecule has 0 saturated carbocycles. The Hall–Kier alpha value is -3.39. The van der Waals surface area contributed by atoms with Gasteiger partial charge in [-0.1, -0.05) is 6.07 Å². The van der Waals surface area contributed by atoms with Crippen LogP contribution in [0.5, 0.6) is 11.5 Å². The molecule has 0 unspecified atom stereocenters. The van der Waals surface area contributed by atoms with Gasteiger partial charge in [0.1, 0.15) is 5.82 Å². The van der Waals surface area contributed by atoms with Gasteiger partial charge in [0.25, 0.3) is 11.8 Å². The molecule has 0 spiro atoms. The van der Waals surface area contributed by atoms with Gasteiger partial charge in [-0.2, -0.15) is 0 Å². The van der Waals surface area contributed by atoms with Crippen molar-refractivity contribution in [3.05, 3.63) is 59.4 Å². The highest BCUT2D eigenvalue weighted by atomic mass is 19.1. The van der Waals surface area contributed by atoms with Crippen LogP contribution in [0.2, 0.25) is 0 Å². The number of hydroxylamine groups is 1. The normalized spacial score (nSPS) is 18.6. The molecule has 1 N–H and O–H groups in total. The summed E-state index contributed by atoms with van der Waals surface area (Å²) in [6.45, 7) is 0. The Balaban J connectivity index is 1.83. The number of nitrogens with one attached hydrogen (secondary N) is 1. The lowest BCUT2D eigenvalue weighted by atomic mass is 10.0. The van der Waals surface area contributed by atoms with E-state index in [2.05, 4.69) is 5.48 Å². The van der Waals surface area contributed by atoms with Crippen molar-refractivity contribution in [2.45, 2.75) is 6.10 Å². The van der Waals surface area contributed by atoms with Gasteiger partial charge in [-0.3, -0.25) is 19.9 Å². The summed E-state index contributed by atoms with van der Waals surface area (Å²) in [6.07, 6.45) is -1.09. The zero-order valence-corrected chi connectivity index (χ0v) is 14.5. The minimum Gasteiger partial charge on any atom is -0.493 e. The molecule has 0 radical (unpaired) electrons. The minimum atomic E-state index is -1.09. The maximum Gasteiger partial charge on any atom is 0.270 e. The van der Waals surface area contributed by atoms with Crippen LogP contribution in [0.25, 0.3) is 5.70 Å². The highest BCUT2D eigenvalue weighted by Gasteiger charge is 2.51. The van der Waals surface area contributed by atoms with Crippen LogP contribution in [-0.2, 0) is 14.4 Å². The summed E-state index contributed by atoms with van der Waals surface area (Å²) in [4.78, 5) is 32.0. The maximum absolute atomic E-state index is 13.2. The second-order valence-corrected chi connectivity index (χ2v) is 5.88. The van der Waals surface area contributed by atoms with Gasteiger partial charge in [-0.25, -0.2) is 9.29 Å². The lowest BCUT2D eigenvalue weighted by molar-refractivity contribution is -0.127. The third kappa shape index (κ3) is 2.53. The van der Waals surface area contributed by atoms with Gasteiger partial charge in [0.15, 0.2) is 17.6 Å². The zero-order valence-electron chi connectivity index (χ0n) is 14.5. The summed E-state index contributed by atoms with van der Waals surface area (Å²) in [5.74, 6) is -0.676. The zero-order chi connectivity index (χ0) is 19.1. The molecule has 7 nitrogen and oxygen atoms in total. The SMILES string of the molecule is COc1cccc(C2=C3C(=O)N(c4ccc(F)cc4)C(=O)[C@H]3ON2)c1OC. The summed E-state index contributed by atoms with van der Waals surface area (Å²) in [5.41, 5.74) is 3.95. The first-order valence-corrected chi connectivity index (χ1v) is 8.08. The number of hydrogen-bond acceptors (Lipinski definition) is 6. The smallest absolute Gasteiger partial charge is 0.270 e. The number of para-hydroxylation sites is 1. The average Bonchev–Trinajstić information content (AvgIpc) is 3.22. The number of nitrogens with zero attached hydrogens (tertiary/aromatic N) is 1. The topological polar surface area (TPSA) is 77.1 Å². The third-order valence-electron chi connectivity index (χ3n) is 4.45. The van der Waals surface area contributed by atoms with E-state index in [1.165, 1.54) is 38.5 Å². The number of carbonyl (C=O) groups is 2.